The number of carbonyl (C=O) groups excluding carboxylic acids is 1. The zero-order valence-electron chi connectivity index (χ0n) is 34.4. The average molecular weight is 729 g/mol. The lowest BCUT2D eigenvalue weighted by Gasteiger charge is -2.58. The smallest absolute Gasteiger partial charge is 0.306 e. The number of fused-ring (bicyclic) bond motifs is 5. The molecular formula is C49H76O4. The first-order chi connectivity index (χ1) is 25.5. The first-order valence-electron chi connectivity index (χ1n) is 21.7. The molecule has 0 saturated heterocycles. The minimum atomic E-state index is -0.538. The van der Waals surface area contributed by atoms with Crippen molar-refractivity contribution in [2.75, 3.05) is 0 Å². The first-order valence-corrected chi connectivity index (χ1v) is 21.7. The molecule has 3 saturated carbocycles. The maximum atomic E-state index is 12.8. The summed E-state index contributed by atoms with van der Waals surface area (Å²) >= 11 is 0. The molecule has 0 aromatic carbocycles. The highest BCUT2D eigenvalue weighted by molar-refractivity contribution is 5.69. The van der Waals surface area contributed by atoms with Gasteiger partial charge < -0.3 is 14.9 Å². The second kappa shape index (κ2) is 21.6. The predicted octanol–water partition coefficient (Wildman–Crippen LogP) is 12.4. The van der Waals surface area contributed by atoms with Crippen LogP contribution in [0.3, 0.4) is 0 Å². The van der Waals surface area contributed by atoms with E-state index in [1.807, 2.05) is 42.5 Å². The summed E-state index contributed by atoms with van der Waals surface area (Å²) in [5.74, 6) is 5.00. The molecule has 4 aliphatic carbocycles. The van der Waals surface area contributed by atoms with Crippen molar-refractivity contribution in [1.29, 1.82) is 0 Å². The van der Waals surface area contributed by atoms with E-state index < -0.39 is 12.2 Å². The maximum absolute atomic E-state index is 12.8. The molecule has 4 heteroatoms. The van der Waals surface area contributed by atoms with Crippen molar-refractivity contribution in [3.8, 4) is 0 Å². The molecule has 2 N–H and O–H groups in total. The van der Waals surface area contributed by atoms with Gasteiger partial charge in [0, 0.05) is 12.8 Å². The molecule has 4 rings (SSSR count). The van der Waals surface area contributed by atoms with Crippen molar-refractivity contribution in [2.45, 2.75) is 169 Å². The van der Waals surface area contributed by atoms with Gasteiger partial charge in [0.15, 0.2) is 0 Å². The van der Waals surface area contributed by atoms with Crippen LogP contribution in [0.4, 0.5) is 0 Å². The predicted molar refractivity (Wildman–Crippen MR) is 223 cm³/mol. The third-order valence-electron chi connectivity index (χ3n) is 13.8. The quantitative estimate of drug-likeness (QED) is 0.0744. The molecule has 4 nitrogen and oxygen atoms in total. The Bertz CT molecular complexity index is 1330. The summed E-state index contributed by atoms with van der Waals surface area (Å²) in [5, 5.41) is 20.0. The molecule has 0 aliphatic heterocycles. The molecule has 0 bridgehead atoms. The zero-order valence-corrected chi connectivity index (χ0v) is 34.4. The Morgan fingerprint density at radius 2 is 1.55 bits per heavy atom. The number of hydrogen-bond acceptors (Lipinski definition) is 4. The molecule has 0 unspecified atom stereocenters. The third-order valence-corrected chi connectivity index (χ3v) is 13.8. The van der Waals surface area contributed by atoms with Gasteiger partial charge in [-0.1, -0.05) is 145 Å². The number of hydrogen-bond donors (Lipinski definition) is 2. The standard InChI is InChI=1S/C49H76O4/c1-7-8-15-23-40(50)25-17-13-14-18-26-41(51)24-16-11-9-10-12-19-27-47(52)53-42-32-34-48(5)39(36-42)28-29-43-45-31-30-44(38(4)22-20-21-37(2)3)49(45,6)35-33-46(43)48/h8,10-18,25-26,28,37-38,40-46,50-51H,7,9,19-24,27,29-36H2,1-6H3/b12-10-,14-13-,15-8-,16-11-,25-17+,26-18+/t38-,40-,41+,42+,43+,44-,45+,46+,48+,49-/m1/s1. The highest BCUT2D eigenvalue weighted by atomic mass is 16.5. The van der Waals surface area contributed by atoms with Gasteiger partial charge in [-0.2, -0.15) is 0 Å². The average Bonchev–Trinajstić information content (AvgIpc) is 3.48. The Morgan fingerprint density at radius 1 is 0.849 bits per heavy atom. The van der Waals surface area contributed by atoms with E-state index in [0.717, 1.165) is 67.6 Å². The van der Waals surface area contributed by atoms with E-state index in [2.05, 4.69) is 65.8 Å². The largest absolute Gasteiger partial charge is 0.462 e. The van der Waals surface area contributed by atoms with Crippen LogP contribution in [-0.4, -0.2) is 34.5 Å². The summed E-state index contributed by atoms with van der Waals surface area (Å²) < 4.78 is 6.06. The molecule has 10 atom stereocenters. The fourth-order valence-electron chi connectivity index (χ4n) is 10.9. The first kappa shape index (κ1) is 43.3. The number of carbonyl (C=O) groups is 1. The summed E-state index contributed by atoms with van der Waals surface area (Å²) in [4.78, 5) is 12.8. The molecule has 0 heterocycles. The van der Waals surface area contributed by atoms with Crippen molar-refractivity contribution < 1.29 is 19.7 Å². The number of aliphatic hydroxyl groups excluding tert-OH is 2. The third kappa shape index (κ3) is 12.5. The normalized spacial score (nSPS) is 32.2. The van der Waals surface area contributed by atoms with E-state index in [0.29, 0.717) is 31.1 Å². The molecule has 0 radical (unpaired) electrons. The molecule has 296 valence electrons. The summed E-state index contributed by atoms with van der Waals surface area (Å²) in [6, 6.07) is 0. The van der Waals surface area contributed by atoms with E-state index in [1.165, 1.54) is 51.4 Å². The van der Waals surface area contributed by atoms with Crippen LogP contribution < -0.4 is 0 Å². The summed E-state index contributed by atoms with van der Waals surface area (Å²) in [6.07, 6.45) is 42.9. The lowest BCUT2D eigenvalue weighted by atomic mass is 9.47. The van der Waals surface area contributed by atoms with Crippen molar-refractivity contribution in [3.05, 3.63) is 84.6 Å². The highest BCUT2D eigenvalue weighted by Gasteiger charge is 2.59. The molecule has 0 amide bonds. The fourth-order valence-corrected chi connectivity index (χ4v) is 10.9. The Kier molecular flexibility index (Phi) is 17.7. The van der Waals surface area contributed by atoms with E-state index in [-0.39, 0.29) is 17.5 Å². The topological polar surface area (TPSA) is 66.8 Å². The van der Waals surface area contributed by atoms with Gasteiger partial charge in [0.05, 0.1) is 12.2 Å². The molecule has 3 fully saturated rings. The van der Waals surface area contributed by atoms with E-state index >= 15 is 0 Å². The fraction of sp³-hybridized carbons (Fsp3) is 0.694. The highest BCUT2D eigenvalue weighted by Crippen LogP contribution is 2.67. The van der Waals surface area contributed by atoms with Gasteiger partial charge in [-0.15, -0.1) is 0 Å². The van der Waals surface area contributed by atoms with Crippen LogP contribution >= 0.6 is 0 Å². The number of aliphatic hydroxyl groups is 2. The summed E-state index contributed by atoms with van der Waals surface area (Å²) in [5.41, 5.74) is 2.39. The Hall–Kier alpha value is -2.43. The van der Waals surface area contributed by atoms with Crippen LogP contribution in [0.1, 0.15) is 151 Å². The second-order valence-electron chi connectivity index (χ2n) is 18.0. The maximum Gasteiger partial charge on any atom is 0.306 e. The molecule has 4 aliphatic rings. The van der Waals surface area contributed by atoms with E-state index in [4.69, 9.17) is 4.74 Å². The van der Waals surface area contributed by atoms with Gasteiger partial charge in [-0.25, -0.2) is 0 Å². The van der Waals surface area contributed by atoms with Crippen LogP contribution in [0, 0.1) is 46.3 Å². The van der Waals surface area contributed by atoms with Crippen molar-refractivity contribution >= 4 is 5.97 Å². The summed E-state index contributed by atoms with van der Waals surface area (Å²) in [6.45, 7) is 14.6. The van der Waals surface area contributed by atoms with Gasteiger partial charge in [0.1, 0.15) is 6.10 Å². The van der Waals surface area contributed by atoms with Crippen LogP contribution in [0.15, 0.2) is 84.6 Å². The Labute approximate surface area is 324 Å². The zero-order chi connectivity index (χ0) is 38.3. The minimum absolute atomic E-state index is 0.0278. The SMILES string of the molecule is CC/C=C\C[C@@H](O)/C=C/C=C\C=C\[C@@H](O)C/C=C\C/C=C\CCC(=O)O[C@H]1CC[C@@]2(C)C(=CC[C@H]3[C@@H]4CC[C@H]([C@H](C)CCCC(C)C)[C@@]4(C)CC[C@@H]32)C1. The van der Waals surface area contributed by atoms with Crippen LogP contribution in [0.2, 0.25) is 0 Å². The Morgan fingerprint density at radius 3 is 2.25 bits per heavy atom. The van der Waals surface area contributed by atoms with Crippen LogP contribution in [-0.2, 0) is 9.53 Å². The molecular weight excluding hydrogens is 653 g/mol. The van der Waals surface area contributed by atoms with Gasteiger partial charge in [-0.05, 0) is 123 Å². The van der Waals surface area contributed by atoms with Gasteiger partial charge in [0.2, 0.25) is 0 Å². The lowest BCUT2D eigenvalue weighted by molar-refractivity contribution is -0.151. The van der Waals surface area contributed by atoms with Crippen LogP contribution in [0.25, 0.3) is 0 Å². The minimum Gasteiger partial charge on any atom is -0.462 e. The molecule has 0 aromatic heterocycles. The molecule has 53 heavy (non-hydrogen) atoms. The summed E-state index contributed by atoms with van der Waals surface area (Å²) in [7, 11) is 0. The van der Waals surface area contributed by atoms with Gasteiger partial charge in [-0.3, -0.25) is 4.79 Å². The molecule has 0 spiro atoms. The number of ether oxygens (including phenoxy) is 1. The van der Waals surface area contributed by atoms with Crippen LogP contribution in [0.5, 0.6) is 0 Å². The van der Waals surface area contributed by atoms with E-state index in [1.54, 1.807) is 17.7 Å². The van der Waals surface area contributed by atoms with E-state index in [9.17, 15) is 15.0 Å². The number of esters is 1. The lowest BCUT2D eigenvalue weighted by Crippen LogP contribution is -2.51. The number of rotatable bonds is 20. The van der Waals surface area contributed by atoms with Gasteiger partial charge in [0.25, 0.3) is 0 Å². The molecule has 0 aromatic rings. The monoisotopic (exact) mass is 729 g/mol. The number of allylic oxidation sites excluding steroid dienone is 9. The van der Waals surface area contributed by atoms with Gasteiger partial charge >= 0.3 is 5.97 Å². The Balaban J connectivity index is 1.13. The van der Waals surface area contributed by atoms with Crippen molar-refractivity contribution in [2.24, 2.45) is 46.3 Å². The van der Waals surface area contributed by atoms with Crippen molar-refractivity contribution in [1.82, 2.24) is 0 Å². The second-order valence-corrected chi connectivity index (χ2v) is 18.0. The van der Waals surface area contributed by atoms with Crippen molar-refractivity contribution in [3.63, 3.8) is 0 Å².